The fraction of sp³-hybridized carbons (Fsp3) is 0.125. The van der Waals surface area contributed by atoms with Crippen LogP contribution in [0.3, 0.4) is 0 Å². The number of benzene rings is 2. The Morgan fingerprint density at radius 1 is 1.06 bits per heavy atom. The third kappa shape index (κ3) is 1.71. The molecule has 18 heavy (non-hydrogen) atoms. The van der Waals surface area contributed by atoms with Crippen molar-refractivity contribution in [1.29, 1.82) is 0 Å². The van der Waals surface area contributed by atoms with Crippen LogP contribution in [0.15, 0.2) is 59.4 Å². The predicted molar refractivity (Wildman–Crippen MR) is 71.5 cm³/mol. The monoisotopic (exact) mass is 238 g/mol. The molecule has 0 aliphatic rings. The van der Waals surface area contributed by atoms with Crippen LogP contribution in [0.1, 0.15) is 22.8 Å². The highest BCUT2D eigenvalue weighted by Crippen LogP contribution is 2.31. The van der Waals surface area contributed by atoms with E-state index in [9.17, 15) is 5.11 Å². The highest BCUT2D eigenvalue weighted by Gasteiger charge is 2.16. The van der Waals surface area contributed by atoms with Gasteiger partial charge in [-0.25, -0.2) is 0 Å². The molecule has 3 rings (SSSR count). The summed E-state index contributed by atoms with van der Waals surface area (Å²) >= 11 is 0. The minimum Gasteiger partial charge on any atom is -0.472 e. The lowest BCUT2D eigenvalue weighted by molar-refractivity contribution is 0.220. The Morgan fingerprint density at radius 3 is 2.67 bits per heavy atom. The number of aryl methyl sites for hydroxylation is 1. The molecule has 2 heteroatoms. The number of aliphatic hydroxyl groups excluding tert-OH is 1. The molecule has 0 aliphatic carbocycles. The van der Waals surface area contributed by atoms with Crippen molar-refractivity contribution in [1.82, 2.24) is 0 Å². The van der Waals surface area contributed by atoms with E-state index in [1.807, 2.05) is 31.2 Å². The first kappa shape index (κ1) is 11.1. The van der Waals surface area contributed by atoms with Gasteiger partial charge in [-0.05, 0) is 34.9 Å². The Bertz CT molecular complexity index is 669. The number of fused-ring (bicyclic) bond motifs is 1. The van der Waals surface area contributed by atoms with Crippen molar-refractivity contribution in [3.63, 3.8) is 0 Å². The molecule has 0 radical (unpaired) electrons. The summed E-state index contributed by atoms with van der Waals surface area (Å²) in [5.41, 5.74) is 2.83. The smallest absolute Gasteiger partial charge is 0.108 e. The van der Waals surface area contributed by atoms with Crippen LogP contribution < -0.4 is 0 Å². The summed E-state index contributed by atoms with van der Waals surface area (Å²) in [6, 6.07) is 14.0. The average Bonchev–Trinajstić information content (AvgIpc) is 2.92. The van der Waals surface area contributed by atoms with Crippen LogP contribution in [-0.4, -0.2) is 5.11 Å². The zero-order valence-corrected chi connectivity index (χ0v) is 10.1. The van der Waals surface area contributed by atoms with Crippen LogP contribution in [0, 0.1) is 6.92 Å². The molecule has 0 aliphatic heterocycles. The lowest BCUT2D eigenvalue weighted by Gasteiger charge is -2.15. The first-order chi connectivity index (χ1) is 8.77. The highest BCUT2D eigenvalue weighted by atomic mass is 16.3. The van der Waals surface area contributed by atoms with E-state index in [-0.39, 0.29) is 0 Å². The van der Waals surface area contributed by atoms with Crippen molar-refractivity contribution in [2.24, 2.45) is 0 Å². The largest absolute Gasteiger partial charge is 0.472 e. The molecule has 2 nitrogen and oxygen atoms in total. The van der Waals surface area contributed by atoms with Crippen molar-refractivity contribution >= 4 is 10.8 Å². The summed E-state index contributed by atoms with van der Waals surface area (Å²) in [6.07, 6.45) is 2.53. The minimum absolute atomic E-state index is 0.644. The lowest BCUT2D eigenvalue weighted by Crippen LogP contribution is -2.01. The van der Waals surface area contributed by atoms with Gasteiger partial charge in [-0.2, -0.15) is 0 Å². The summed E-state index contributed by atoms with van der Waals surface area (Å²) in [6.45, 7) is 2.02. The Balaban J connectivity index is 2.24. The average molecular weight is 238 g/mol. The molecular formula is C16H14O2. The first-order valence-electron chi connectivity index (χ1n) is 5.96. The van der Waals surface area contributed by atoms with Crippen LogP contribution in [0.5, 0.6) is 0 Å². The molecule has 0 spiro atoms. The quantitative estimate of drug-likeness (QED) is 0.736. The maximum absolute atomic E-state index is 10.5. The first-order valence-corrected chi connectivity index (χ1v) is 5.96. The molecule has 0 unspecified atom stereocenters. The summed E-state index contributed by atoms with van der Waals surface area (Å²) in [5.74, 6) is 0. The van der Waals surface area contributed by atoms with Crippen LogP contribution in [0.4, 0.5) is 0 Å². The second kappa shape index (κ2) is 4.31. The van der Waals surface area contributed by atoms with Gasteiger partial charge in [-0.15, -0.1) is 0 Å². The van der Waals surface area contributed by atoms with Crippen molar-refractivity contribution in [3.8, 4) is 0 Å². The zero-order valence-electron chi connectivity index (χ0n) is 10.1. The minimum atomic E-state index is -0.644. The van der Waals surface area contributed by atoms with Crippen LogP contribution >= 0.6 is 0 Å². The van der Waals surface area contributed by atoms with E-state index in [2.05, 4.69) is 12.1 Å². The van der Waals surface area contributed by atoms with E-state index in [0.717, 1.165) is 27.5 Å². The SMILES string of the molecule is Cc1ccc2ccccc2c1[C@@H](O)c1ccoc1. The number of furan rings is 1. The maximum Gasteiger partial charge on any atom is 0.108 e. The van der Waals surface area contributed by atoms with Crippen molar-refractivity contribution in [2.75, 3.05) is 0 Å². The number of rotatable bonds is 2. The molecule has 0 amide bonds. The lowest BCUT2D eigenvalue weighted by atomic mass is 9.93. The third-order valence-electron chi connectivity index (χ3n) is 3.32. The molecule has 3 aromatic rings. The molecular weight excluding hydrogens is 224 g/mol. The normalized spacial score (nSPS) is 12.8. The fourth-order valence-electron chi connectivity index (χ4n) is 2.36. The molecule has 2 aromatic carbocycles. The van der Waals surface area contributed by atoms with E-state index in [1.165, 1.54) is 0 Å². The topological polar surface area (TPSA) is 33.4 Å². The van der Waals surface area contributed by atoms with Gasteiger partial charge in [0.15, 0.2) is 0 Å². The maximum atomic E-state index is 10.5. The second-order valence-corrected chi connectivity index (χ2v) is 4.48. The van der Waals surface area contributed by atoms with E-state index >= 15 is 0 Å². The fourth-order valence-corrected chi connectivity index (χ4v) is 2.36. The molecule has 0 fully saturated rings. The van der Waals surface area contributed by atoms with Crippen LogP contribution in [-0.2, 0) is 0 Å². The Kier molecular flexibility index (Phi) is 2.65. The molecule has 1 atom stereocenters. The molecule has 90 valence electrons. The molecule has 0 saturated heterocycles. The molecule has 1 heterocycles. The number of hydrogen-bond donors (Lipinski definition) is 1. The molecule has 1 aromatic heterocycles. The highest BCUT2D eigenvalue weighted by molar-refractivity contribution is 5.87. The number of aliphatic hydroxyl groups is 1. The summed E-state index contributed by atoms with van der Waals surface area (Å²) in [4.78, 5) is 0. The van der Waals surface area contributed by atoms with Crippen molar-refractivity contribution < 1.29 is 9.52 Å². The van der Waals surface area contributed by atoms with Gasteiger partial charge in [0, 0.05) is 5.56 Å². The van der Waals surface area contributed by atoms with Gasteiger partial charge >= 0.3 is 0 Å². The Hall–Kier alpha value is -2.06. The van der Waals surface area contributed by atoms with Gasteiger partial charge in [0.05, 0.1) is 12.5 Å². The summed E-state index contributed by atoms with van der Waals surface area (Å²) in [5, 5.41) is 12.7. The summed E-state index contributed by atoms with van der Waals surface area (Å²) in [7, 11) is 0. The predicted octanol–water partition coefficient (Wildman–Crippen LogP) is 3.82. The standard InChI is InChI=1S/C16H14O2/c1-11-6-7-12-4-2-3-5-14(12)15(11)16(17)13-8-9-18-10-13/h2-10,16-17H,1H3/t16-/m0/s1. The van der Waals surface area contributed by atoms with Gasteiger partial charge in [-0.3, -0.25) is 0 Å². The number of hydrogen-bond acceptors (Lipinski definition) is 2. The van der Waals surface area contributed by atoms with Crippen molar-refractivity contribution in [2.45, 2.75) is 13.0 Å². The van der Waals surface area contributed by atoms with Gasteiger partial charge in [0.1, 0.15) is 6.10 Å². The van der Waals surface area contributed by atoms with Crippen LogP contribution in [0.25, 0.3) is 10.8 Å². The summed E-state index contributed by atoms with van der Waals surface area (Å²) < 4.78 is 5.05. The van der Waals surface area contributed by atoms with E-state index in [4.69, 9.17) is 4.42 Å². The molecule has 1 N–H and O–H groups in total. The van der Waals surface area contributed by atoms with Gasteiger partial charge < -0.3 is 9.52 Å². The second-order valence-electron chi connectivity index (χ2n) is 4.48. The third-order valence-corrected chi connectivity index (χ3v) is 3.32. The Labute approximate surface area is 105 Å². The van der Waals surface area contributed by atoms with Gasteiger partial charge in [0.2, 0.25) is 0 Å². The van der Waals surface area contributed by atoms with Gasteiger partial charge in [-0.1, -0.05) is 36.4 Å². The van der Waals surface area contributed by atoms with E-state index in [1.54, 1.807) is 18.6 Å². The zero-order chi connectivity index (χ0) is 12.5. The Morgan fingerprint density at radius 2 is 1.89 bits per heavy atom. The van der Waals surface area contributed by atoms with Gasteiger partial charge in [0.25, 0.3) is 0 Å². The van der Waals surface area contributed by atoms with Crippen molar-refractivity contribution in [3.05, 3.63) is 71.7 Å². The molecule has 0 saturated carbocycles. The molecule has 0 bridgehead atoms. The van der Waals surface area contributed by atoms with E-state index < -0.39 is 6.10 Å². The van der Waals surface area contributed by atoms with Crippen LogP contribution in [0.2, 0.25) is 0 Å². The van der Waals surface area contributed by atoms with E-state index in [0.29, 0.717) is 0 Å².